The number of nitrogens with zero attached hydrogens (tertiary/aromatic N) is 2. The van der Waals surface area contributed by atoms with E-state index in [9.17, 15) is 0 Å². The first-order valence-electron chi connectivity index (χ1n) is 9.44. The van der Waals surface area contributed by atoms with E-state index in [4.69, 9.17) is 5.73 Å². The van der Waals surface area contributed by atoms with Crippen LogP contribution in [0.15, 0.2) is 0 Å². The molecule has 3 nitrogen and oxygen atoms in total. The van der Waals surface area contributed by atoms with Crippen LogP contribution < -0.4 is 5.73 Å². The normalized spacial score (nSPS) is 42.7. The van der Waals surface area contributed by atoms with E-state index in [-0.39, 0.29) is 0 Å². The Balaban J connectivity index is 1.66. The second-order valence-corrected chi connectivity index (χ2v) is 7.89. The molecule has 5 atom stereocenters. The lowest BCUT2D eigenvalue weighted by Gasteiger charge is -2.52. The topological polar surface area (TPSA) is 32.5 Å². The maximum atomic E-state index is 6.54. The SMILES string of the molecule is CCCC1CCC(N)C(N2CC3CCCCN3CC2C)C1. The molecular formula is C18H35N3. The molecule has 0 amide bonds. The molecule has 3 fully saturated rings. The van der Waals surface area contributed by atoms with Gasteiger partial charge in [0, 0.05) is 37.3 Å². The van der Waals surface area contributed by atoms with E-state index in [1.165, 1.54) is 71.0 Å². The molecule has 1 aliphatic carbocycles. The van der Waals surface area contributed by atoms with Crippen molar-refractivity contribution in [3.05, 3.63) is 0 Å². The van der Waals surface area contributed by atoms with Crippen molar-refractivity contribution in [3.63, 3.8) is 0 Å². The highest BCUT2D eigenvalue weighted by atomic mass is 15.3. The monoisotopic (exact) mass is 293 g/mol. The van der Waals surface area contributed by atoms with Crippen LogP contribution in [-0.4, -0.2) is 53.6 Å². The number of hydrogen-bond donors (Lipinski definition) is 1. The second kappa shape index (κ2) is 6.97. The molecule has 2 heterocycles. The Labute approximate surface area is 131 Å². The van der Waals surface area contributed by atoms with Crippen molar-refractivity contribution >= 4 is 0 Å². The molecule has 0 aromatic carbocycles. The van der Waals surface area contributed by atoms with Gasteiger partial charge in [0.05, 0.1) is 0 Å². The molecule has 1 saturated carbocycles. The predicted molar refractivity (Wildman–Crippen MR) is 89.4 cm³/mol. The van der Waals surface area contributed by atoms with Gasteiger partial charge in [-0.15, -0.1) is 0 Å². The Morgan fingerprint density at radius 3 is 2.76 bits per heavy atom. The molecule has 0 aromatic rings. The second-order valence-electron chi connectivity index (χ2n) is 7.89. The van der Waals surface area contributed by atoms with E-state index in [1.807, 2.05) is 0 Å². The third-order valence-corrected chi connectivity index (χ3v) is 6.34. The maximum absolute atomic E-state index is 6.54. The number of piperidine rings is 1. The van der Waals surface area contributed by atoms with Crippen LogP contribution >= 0.6 is 0 Å². The van der Waals surface area contributed by atoms with E-state index < -0.39 is 0 Å². The molecular weight excluding hydrogens is 258 g/mol. The molecule has 21 heavy (non-hydrogen) atoms. The van der Waals surface area contributed by atoms with Crippen molar-refractivity contribution in [1.29, 1.82) is 0 Å². The average molecular weight is 293 g/mol. The van der Waals surface area contributed by atoms with Crippen molar-refractivity contribution in [1.82, 2.24) is 9.80 Å². The largest absolute Gasteiger partial charge is 0.326 e. The number of nitrogens with two attached hydrogens (primary N) is 1. The molecule has 5 unspecified atom stereocenters. The summed E-state index contributed by atoms with van der Waals surface area (Å²) in [5.41, 5.74) is 6.54. The van der Waals surface area contributed by atoms with Gasteiger partial charge in [0.15, 0.2) is 0 Å². The van der Waals surface area contributed by atoms with Crippen molar-refractivity contribution < 1.29 is 0 Å². The molecule has 0 radical (unpaired) electrons. The smallest absolute Gasteiger partial charge is 0.0253 e. The van der Waals surface area contributed by atoms with Gasteiger partial charge in [-0.25, -0.2) is 0 Å². The zero-order valence-corrected chi connectivity index (χ0v) is 14.1. The quantitative estimate of drug-likeness (QED) is 0.868. The minimum Gasteiger partial charge on any atom is -0.326 e. The Morgan fingerprint density at radius 2 is 1.95 bits per heavy atom. The van der Waals surface area contributed by atoms with Crippen LogP contribution in [0.25, 0.3) is 0 Å². The summed E-state index contributed by atoms with van der Waals surface area (Å²) in [6.45, 7) is 8.64. The fourth-order valence-electron chi connectivity index (χ4n) is 5.14. The molecule has 0 aromatic heterocycles. The van der Waals surface area contributed by atoms with E-state index in [1.54, 1.807) is 0 Å². The molecule has 122 valence electrons. The van der Waals surface area contributed by atoms with Gasteiger partial charge in [0.2, 0.25) is 0 Å². The van der Waals surface area contributed by atoms with Gasteiger partial charge >= 0.3 is 0 Å². The first-order valence-corrected chi connectivity index (χ1v) is 9.44. The highest BCUT2D eigenvalue weighted by Gasteiger charge is 2.40. The first kappa shape index (κ1) is 15.8. The summed E-state index contributed by atoms with van der Waals surface area (Å²) in [6, 6.07) is 2.56. The van der Waals surface area contributed by atoms with Crippen LogP contribution in [0.4, 0.5) is 0 Å². The summed E-state index contributed by atoms with van der Waals surface area (Å²) >= 11 is 0. The Hall–Kier alpha value is -0.120. The minimum atomic E-state index is 0.413. The van der Waals surface area contributed by atoms with Crippen LogP contribution in [0.2, 0.25) is 0 Å². The summed E-state index contributed by atoms with van der Waals surface area (Å²) in [5, 5.41) is 0. The lowest BCUT2D eigenvalue weighted by molar-refractivity contribution is -0.0269. The van der Waals surface area contributed by atoms with Crippen LogP contribution in [0.3, 0.4) is 0 Å². The summed E-state index contributed by atoms with van der Waals surface area (Å²) in [5.74, 6) is 0.927. The summed E-state index contributed by atoms with van der Waals surface area (Å²) < 4.78 is 0. The fourth-order valence-corrected chi connectivity index (χ4v) is 5.14. The van der Waals surface area contributed by atoms with Crippen molar-refractivity contribution in [2.45, 2.75) is 89.4 Å². The van der Waals surface area contributed by atoms with Gasteiger partial charge in [-0.3, -0.25) is 9.80 Å². The molecule has 0 bridgehead atoms. The molecule has 2 saturated heterocycles. The summed E-state index contributed by atoms with van der Waals surface area (Å²) in [7, 11) is 0. The first-order chi connectivity index (χ1) is 10.2. The Morgan fingerprint density at radius 1 is 1.10 bits per heavy atom. The molecule has 3 heteroatoms. The highest BCUT2D eigenvalue weighted by molar-refractivity contribution is 4.97. The average Bonchev–Trinajstić information content (AvgIpc) is 2.49. The Bertz CT molecular complexity index is 332. The van der Waals surface area contributed by atoms with Crippen LogP contribution in [0, 0.1) is 5.92 Å². The third-order valence-electron chi connectivity index (χ3n) is 6.34. The third kappa shape index (κ3) is 3.46. The number of rotatable bonds is 3. The molecule has 2 aliphatic heterocycles. The van der Waals surface area contributed by atoms with E-state index in [0.29, 0.717) is 18.1 Å². The van der Waals surface area contributed by atoms with Crippen LogP contribution in [-0.2, 0) is 0 Å². The lowest BCUT2D eigenvalue weighted by Crippen LogP contribution is -2.64. The lowest BCUT2D eigenvalue weighted by atomic mass is 9.79. The molecule has 3 rings (SSSR count). The summed E-state index contributed by atoms with van der Waals surface area (Å²) in [6.07, 6.45) is 10.9. The van der Waals surface area contributed by atoms with Crippen molar-refractivity contribution in [2.24, 2.45) is 11.7 Å². The van der Waals surface area contributed by atoms with E-state index >= 15 is 0 Å². The maximum Gasteiger partial charge on any atom is 0.0253 e. The molecule has 2 N–H and O–H groups in total. The van der Waals surface area contributed by atoms with Crippen LogP contribution in [0.1, 0.15) is 65.2 Å². The predicted octanol–water partition coefficient (Wildman–Crippen LogP) is 2.84. The van der Waals surface area contributed by atoms with Gasteiger partial charge in [-0.05, 0) is 51.5 Å². The van der Waals surface area contributed by atoms with E-state index in [2.05, 4.69) is 23.6 Å². The highest BCUT2D eigenvalue weighted by Crippen LogP contribution is 2.34. The van der Waals surface area contributed by atoms with Gasteiger partial charge in [0.25, 0.3) is 0 Å². The van der Waals surface area contributed by atoms with Crippen LogP contribution in [0.5, 0.6) is 0 Å². The van der Waals surface area contributed by atoms with Crippen molar-refractivity contribution in [3.8, 4) is 0 Å². The molecule has 3 aliphatic rings. The fraction of sp³-hybridized carbons (Fsp3) is 1.00. The van der Waals surface area contributed by atoms with Gasteiger partial charge < -0.3 is 5.73 Å². The zero-order valence-electron chi connectivity index (χ0n) is 14.1. The Kier molecular flexibility index (Phi) is 5.23. The van der Waals surface area contributed by atoms with Gasteiger partial charge in [-0.1, -0.05) is 26.2 Å². The molecule has 0 spiro atoms. The van der Waals surface area contributed by atoms with Crippen molar-refractivity contribution in [2.75, 3.05) is 19.6 Å². The number of piperazine rings is 1. The van der Waals surface area contributed by atoms with Gasteiger partial charge in [0.1, 0.15) is 0 Å². The number of hydrogen-bond acceptors (Lipinski definition) is 3. The minimum absolute atomic E-state index is 0.413. The van der Waals surface area contributed by atoms with E-state index in [0.717, 1.165) is 12.0 Å². The zero-order chi connectivity index (χ0) is 14.8. The summed E-state index contributed by atoms with van der Waals surface area (Å²) in [4.78, 5) is 5.56. The number of fused-ring (bicyclic) bond motifs is 1. The van der Waals surface area contributed by atoms with Gasteiger partial charge in [-0.2, -0.15) is 0 Å². The standard InChI is InChI=1S/C18H35N3/c1-3-6-15-8-9-17(19)18(11-15)21-13-16-7-4-5-10-20(16)12-14(21)2/h14-18H,3-13,19H2,1-2H3.